The van der Waals surface area contributed by atoms with E-state index in [1.165, 1.54) is 6.26 Å². The summed E-state index contributed by atoms with van der Waals surface area (Å²) in [6.07, 6.45) is -2.77. The van der Waals surface area contributed by atoms with Crippen molar-refractivity contribution in [2.24, 2.45) is 5.92 Å². The minimum atomic E-state index is -4.30. The SMILES string of the molecule is CC(C)CNCc1coc(COCC(F)(F)F)c1. The molecule has 0 atom stereocenters. The lowest BCUT2D eigenvalue weighted by atomic mass is 10.2. The average Bonchev–Trinajstić information content (AvgIpc) is 2.63. The third kappa shape index (κ3) is 6.66. The number of hydrogen-bond acceptors (Lipinski definition) is 3. The van der Waals surface area contributed by atoms with Crippen molar-refractivity contribution in [1.29, 1.82) is 0 Å². The molecule has 0 aliphatic rings. The Labute approximate surface area is 104 Å². The van der Waals surface area contributed by atoms with Gasteiger partial charge in [-0.15, -0.1) is 0 Å². The van der Waals surface area contributed by atoms with Gasteiger partial charge in [-0.1, -0.05) is 13.8 Å². The van der Waals surface area contributed by atoms with E-state index in [2.05, 4.69) is 23.9 Å². The van der Waals surface area contributed by atoms with Crippen molar-refractivity contribution in [3.05, 3.63) is 23.7 Å². The van der Waals surface area contributed by atoms with Crippen molar-refractivity contribution in [2.75, 3.05) is 13.2 Å². The van der Waals surface area contributed by atoms with Gasteiger partial charge in [0.2, 0.25) is 0 Å². The molecular weight excluding hydrogens is 247 g/mol. The van der Waals surface area contributed by atoms with Gasteiger partial charge in [0.25, 0.3) is 0 Å². The van der Waals surface area contributed by atoms with Crippen LogP contribution < -0.4 is 5.32 Å². The second-order valence-corrected chi connectivity index (χ2v) is 4.55. The van der Waals surface area contributed by atoms with Gasteiger partial charge in [-0.05, 0) is 18.5 Å². The molecule has 0 fully saturated rings. The monoisotopic (exact) mass is 265 g/mol. The Bertz CT molecular complexity index is 347. The quantitative estimate of drug-likeness (QED) is 0.822. The van der Waals surface area contributed by atoms with Gasteiger partial charge in [-0.25, -0.2) is 0 Å². The minimum Gasteiger partial charge on any atom is -0.467 e. The summed E-state index contributed by atoms with van der Waals surface area (Å²) in [5.41, 5.74) is 0.904. The predicted octanol–water partition coefficient (Wildman–Crippen LogP) is 3.10. The number of ether oxygens (including phenoxy) is 1. The van der Waals surface area contributed by atoms with Crippen LogP contribution in [0, 0.1) is 5.92 Å². The molecule has 1 aromatic rings. The number of halogens is 3. The molecule has 0 spiro atoms. The van der Waals surface area contributed by atoms with Crippen molar-refractivity contribution >= 4 is 0 Å². The van der Waals surface area contributed by atoms with Crippen LogP contribution in [-0.2, 0) is 17.9 Å². The Morgan fingerprint density at radius 3 is 2.72 bits per heavy atom. The smallest absolute Gasteiger partial charge is 0.411 e. The lowest BCUT2D eigenvalue weighted by Gasteiger charge is -2.05. The Morgan fingerprint density at radius 2 is 2.11 bits per heavy atom. The number of rotatable bonds is 7. The summed E-state index contributed by atoms with van der Waals surface area (Å²) >= 11 is 0. The van der Waals surface area contributed by atoms with Crippen LogP contribution >= 0.6 is 0 Å². The van der Waals surface area contributed by atoms with E-state index in [0.717, 1.165) is 12.1 Å². The van der Waals surface area contributed by atoms with Crippen molar-refractivity contribution in [2.45, 2.75) is 33.2 Å². The minimum absolute atomic E-state index is 0.163. The maximum Gasteiger partial charge on any atom is 0.411 e. The first-order valence-electron chi connectivity index (χ1n) is 5.78. The summed E-state index contributed by atoms with van der Waals surface area (Å²) in [6.45, 7) is 4.29. The van der Waals surface area contributed by atoms with E-state index in [1.807, 2.05) is 0 Å². The van der Waals surface area contributed by atoms with Gasteiger partial charge in [-0.3, -0.25) is 0 Å². The molecule has 6 heteroatoms. The topological polar surface area (TPSA) is 34.4 Å². The van der Waals surface area contributed by atoms with E-state index in [4.69, 9.17) is 4.42 Å². The number of nitrogens with one attached hydrogen (secondary N) is 1. The summed E-state index contributed by atoms with van der Waals surface area (Å²) in [5, 5.41) is 3.21. The molecule has 0 bridgehead atoms. The first kappa shape index (κ1) is 15.0. The molecule has 104 valence electrons. The molecule has 0 saturated carbocycles. The van der Waals surface area contributed by atoms with Crippen LogP contribution in [0.3, 0.4) is 0 Å². The second-order valence-electron chi connectivity index (χ2n) is 4.55. The van der Waals surface area contributed by atoms with Gasteiger partial charge >= 0.3 is 6.18 Å². The standard InChI is InChI=1S/C12H18F3NO2/c1-9(2)4-16-5-10-3-11(18-6-10)7-17-8-12(13,14)15/h3,6,9,16H,4-5,7-8H2,1-2H3. The number of hydrogen-bond donors (Lipinski definition) is 1. The van der Waals surface area contributed by atoms with E-state index >= 15 is 0 Å². The number of alkyl halides is 3. The van der Waals surface area contributed by atoms with E-state index in [9.17, 15) is 13.2 Å². The zero-order chi connectivity index (χ0) is 13.6. The zero-order valence-corrected chi connectivity index (χ0v) is 10.5. The first-order valence-corrected chi connectivity index (χ1v) is 5.78. The molecular formula is C12H18F3NO2. The highest BCUT2D eigenvalue weighted by atomic mass is 19.4. The lowest BCUT2D eigenvalue weighted by molar-refractivity contribution is -0.177. The Morgan fingerprint density at radius 1 is 1.39 bits per heavy atom. The summed E-state index contributed by atoms with van der Waals surface area (Å²) in [5.74, 6) is 0.951. The van der Waals surface area contributed by atoms with Crippen LogP contribution in [0.4, 0.5) is 13.2 Å². The third-order valence-corrected chi connectivity index (χ3v) is 2.10. The molecule has 3 nitrogen and oxygen atoms in total. The second kappa shape index (κ2) is 6.80. The van der Waals surface area contributed by atoms with E-state index < -0.39 is 12.8 Å². The fraction of sp³-hybridized carbons (Fsp3) is 0.667. The van der Waals surface area contributed by atoms with E-state index in [-0.39, 0.29) is 6.61 Å². The Kier molecular flexibility index (Phi) is 5.68. The molecule has 18 heavy (non-hydrogen) atoms. The molecule has 1 heterocycles. The molecule has 1 aromatic heterocycles. The van der Waals surface area contributed by atoms with Crippen molar-refractivity contribution in [3.63, 3.8) is 0 Å². The Hall–Kier alpha value is -1.01. The molecule has 0 saturated heterocycles. The van der Waals surface area contributed by atoms with Crippen LogP contribution in [0.15, 0.2) is 16.7 Å². The maximum absolute atomic E-state index is 11.8. The molecule has 0 aromatic carbocycles. The normalized spacial score (nSPS) is 12.3. The molecule has 0 aliphatic heterocycles. The van der Waals surface area contributed by atoms with Crippen LogP contribution in [0.1, 0.15) is 25.2 Å². The summed E-state index contributed by atoms with van der Waals surface area (Å²) in [6, 6.07) is 1.70. The molecule has 0 aliphatic carbocycles. The summed E-state index contributed by atoms with van der Waals surface area (Å²) in [4.78, 5) is 0. The third-order valence-electron chi connectivity index (χ3n) is 2.10. The van der Waals surface area contributed by atoms with Crippen LogP contribution in [-0.4, -0.2) is 19.3 Å². The van der Waals surface area contributed by atoms with Crippen molar-refractivity contribution in [1.82, 2.24) is 5.32 Å². The highest BCUT2D eigenvalue weighted by Gasteiger charge is 2.27. The maximum atomic E-state index is 11.8. The highest BCUT2D eigenvalue weighted by Crippen LogP contribution is 2.16. The van der Waals surface area contributed by atoms with Crippen molar-refractivity contribution < 1.29 is 22.3 Å². The fourth-order valence-electron chi connectivity index (χ4n) is 1.37. The molecule has 0 amide bonds. The van der Waals surface area contributed by atoms with E-state index in [1.54, 1.807) is 6.07 Å². The van der Waals surface area contributed by atoms with Gasteiger partial charge in [0, 0.05) is 12.1 Å². The average molecular weight is 265 g/mol. The summed E-state index contributed by atoms with van der Waals surface area (Å²) in [7, 11) is 0. The van der Waals surface area contributed by atoms with Crippen molar-refractivity contribution in [3.8, 4) is 0 Å². The first-order chi connectivity index (χ1) is 8.37. The van der Waals surface area contributed by atoms with Gasteiger partial charge in [-0.2, -0.15) is 13.2 Å². The molecule has 1 N–H and O–H groups in total. The zero-order valence-electron chi connectivity index (χ0n) is 10.5. The van der Waals surface area contributed by atoms with Gasteiger partial charge in [0.05, 0.1) is 6.26 Å². The molecule has 0 unspecified atom stereocenters. The van der Waals surface area contributed by atoms with Gasteiger partial charge in [0.1, 0.15) is 19.0 Å². The highest BCUT2D eigenvalue weighted by molar-refractivity contribution is 5.11. The lowest BCUT2D eigenvalue weighted by Crippen LogP contribution is -2.18. The molecule has 1 rings (SSSR count). The summed E-state index contributed by atoms with van der Waals surface area (Å²) < 4.78 is 45.1. The largest absolute Gasteiger partial charge is 0.467 e. The van der Waals surface area contributed by atoms with Crippen LogP contribution in [0.2, 0.25) is 0 Å². The van der Waals surface area contributed by atoms with Crippen LogP contribution in [0.5, 0.6) is 0 Å². The number of furan rings is 1. The molecule has 0 radical (unpaired) electrons. The van der Waals surface area contributed by atoms with Gasteiger partial charge in [0.15, 0.2) is 0 Å². The fourth-order valence-corrected chi connectivity index (χ4v) is 1.37. The van der Waals surface area contributed by atoms with E-state index in [0.29, 0.717) is 18.2 Å². The Balaban J connectivity index is 2.26. The van der Waals surface area contributed by atoms with Crippen LogP contribution in [0.25, 0.3) is 0 Å². The predicted molar refractivity (Wildman–Crippen MR) is 61.0 cm³/mol. The van der Waals surface area contributed by atoms with Gasteiger partial charge < -0.3 is 14.5 Å².